The van der Waals surface area contributed by atoms with Crippen molar-refractivity contribution in [3.63, 3.8) is 0 Å². The van der Waals surface area contributed by atoms with Gasteiger partial charge in [0.1, 0.15) is 0 Å². The summed E-state index contributed by atoms with van der Waals surface area (Å²) in [5.74, 6) is 0. The summed E-state index contributed by atoms with van der Waals surface area (Å²) in [5.41, 5.74) is 8.24. The third kappa shape index (κ3) is 3.04. The van der Waals surface area contributed by atoms with Crippen LogP contribution < -0.4 is 5.73 Å². The molecule has 0 aromatic heterocycles. The first-order valence-electron chi connectivity index (χ1n) is 6.43. The number of rotatable bonds is 3. The predicted octanol–water partition coefficient (Wildman–Crippen LogP) is 2.37. The maximum absolute atomic E-state index is 6.20. The normalized spacial score (nSPS) is 23.0. The van der Waals surface area contributed by atoms with Gasteiger partial charge in [0.2, 0.25) is 0 Å². The molecule has 1 aliphatic rings. The number of nitrogens with two attached hydrogens (primary N) is 1. The lowest BCUT2D eigenvalue weighted by molar-refractivity contribution is -0.0333. The molecule has 0 aliphatic carbocycles. The van der Waals surface area contributed by atoms with Crippen molar-refractivity contribution in [3.8, 4) is 0 Å². The van der Waals surface area contributed by atoms with Crippen LogP contribution in [0.25, 0.3) is 0 Å². The van der Waals surface area contributed by atoms with Gasteiger partial charge in [-0.25, -0.2) is 0 Å². The molecule has 0 spiro atoms. The molecule has 1 heterocycles. The fraction of sp³-hybridized carbons (Fsp3) is 0.571. The minimum Gasteiger partial charge on any atom is -0.376 e. The summed E-state index contributed by atoms with van der Waals surface area (Å²) in [6, 6.07) is 6.45. The van der Waals surface area contributed by atoms with Gasteiger partial charge >= 0.3 is 0 Å². The summed E-state index contributed by atoms with van der Waals surface area (Å²) >= 11 is 6.20. The van der Waals surface area contributed by atoms with Crippen LogP contribution in [-0.2, 0) is 4.74 Å². The molecule has 18 heavy (non-hydrogen) atoms. The molecule has 2 unspecified atom stereocenters. The fourth-order valence-electron chi connectivity index (χ4n) is 2.44. The Morgan fingerprint density at radius 3 is 2.94 bits per heavy atom. The Labute approximate surface area is 114 Å². The van der Waals surface area contributed by atoms with E-state index in [1.54, 1.807) is 0 Å². The highest BCUT2D eigenvalue weighted by molar-refractivity contribution is 6.31. The highest BCUT2D eigenvalue weighted by atomic mass is 35.5. The molecule has 1 fully saturated rings. The van der Waals surface area contributed by atoms with E-state index in [1.807, 2.05) is 13.0 Å². The van der Waals surface area contributed by atoms with Crippen LogP contribution in [0.1, 0.15) is 24.1 Å². The third-order valence-electron chi connectivity index (χ3n) is 3.52. The molecule has 100 valence electrons. The monoisotopic (exact) mass is 268 g/mol. The van der Waals surface area contributed by atoms with E-state index >= 15 is 0 Å². The quantitative estimate of drug-likeness (QED) is 0.915. The number of halogens is 1. The second kappa shape index (κ2) is 6.02. The van der Waals surface area contributed by atoms with Crippen molar-refractivity contribution in [2.75, 3.05) is 26.2 Å². The molecular formula is C14H21ClN2O. The van der Waals surface area contributed by atoms with E-state index in [0.29, 0.717) is 6.54 Å². The van der Waals surface area contributed by atoms with E-state index in [1.165, 1.54) is 5.56 Å². The van der Waals surface area contributed by atoms with E-state index in [-0.39, 0.29) is 12.1 Å². The Bertz CT molecular complexity index is 411. The Balaban J connectivity index is 2.18. The average Bonchev–Trinajstić information content (AvgIpc) is 2.35. The molecule has 0 saturated carbocycles. The largest absolute Gasteiger partial charge is 0.376 e. The van der Waals surface area contributed by atoms with Gasteiger partial charge in [0.05, 0.1) is 12.7 Å². The van der Waals surface area contributed by atoms with Crippen LogP contribution in [0, 0.1) is 6.92 Å². The van der Waals surface area contributed by atoms with Gasteiger partial charge in [-0.1, -0.05) is 23.7 Å². The van der Waals surface area contributed by atoms with E-state index < -0.39 is 0 Å². The first-order valence-corrected chi connectivity index (χ1v) is 6.81. The zero-order valence-electron chi connectivity index (χ0n) is 11.0. The average molecular weight is 269 g/mol. The van der Waals surface area contributed by atoms with Gasteiger partial charge in [0, 0.05) is 30.7 Å². The second-order valence-electron chi connectivity index (χ2n) is 4.94. The van der Waals surface area contributed by atoms with Gasteiger partial charge in [-0.15, -0.1) is 0 Å². The highest BCUT2D eigenvalue weighted by Crippen LogP contribution is 2.26. The summed E-state index contributed by atoms with van der Waals surface area (Å²) in [7, 11) is 0. The van der Waals surface area contributed by atoms with Crippen LogP contribution in [0.15, 0.2) is 18.2 Å². The molecule has 0 bridgehead atoms. The van der Waals surface area contributed by atoms with Crippen LogP contribution in [-0.4, -0.2) is 37.2 Å². The second-order valence-corrected chi connectivity index (χ2v) is 5.34. The SMILES string of the molecule is Cc1ccc(C(CN)N2CCOC(C)C2)cc1Cl. The minimum absolute atomic E-state index is 0.231. The van der Waals surface area contributed by atoms with E-state index in [9.17, 15) is 0 Å². The number of ether oxygens (including phenoxy) is 1. The van der Waals surface area contributed by atoms with Crippen molar-refractivity contribution in [2.45, 2.75) is 26.0 Å². The van der Waals surface area contributed by atoms with Gasteiger partial charge in [0.15, 0.2) is 0 Å². The number of nitrogens with zero attached hydrogens (tertiary/aromatic N) is 1. The van der Waals surface area contributed by atoms with Crippen LogP contribution in [0.3, 0.4) is 0 Å². The number of benzene rings is 1. The van der Waals surface area contributed by atoms with Crippen LogP contribution in [0.5, 0.6) is 0 Å². The molecule has 2 rings (SSSR count). The lowest BCUT2D eigenvalue weighted by Gasteiger charge is -2.37. The molecule has 2 atom stereocenters. The Hall–Kier alpha value is -0.610. The number of morpholine rings is 1. The number of hydrogen-bond donors (Lipinski definition) is 1. The molecule has 1 saturated heterocycles. The van der Waals surface area contributed by atoms with Gasteiger partial charge < -0.3 is 10.5 Å². The van der Waals surface area contributed by atoms with Crippen LogP contribution in [0.2, 0.25) is 5.02 Å². The smallest absolute Gasteiger partial charge is 0.0674 e. The maximum atomic E-state index is 6.20. The molecule has 0 amide bonds. The number of aryl methyl sites for hydroxylation is 1. The molecule has 1 aromatic carbocycles. The van der Waals surface area contributed by atoms with Crippen molar-refractivity contribution >= 4 is 11.6 Å². The molecule has 0 radical (unpaired) electrons. The third-order valence-corrected chi connectivity index (χ3v) is 3.92. The summed E-state index contributed by atoms with van der Waals surface area (Å²) in [6.07, 6.45) is 0.272. The summed E-state index contributed by atoms with van der Waals surface area (Å²) in [4.78, 5) is 2.38. The van der Waals surface area contributed by atoms with Gasteiger partial charge in [-0.05, 0) is 31.0 Å². The first kappa shape index (κ1) is 13.8. The summed E-state index contributed by atoms with van der Waals surface area (Å²) in [6.45, 7) is 7.34. The van der Waals surface area contributed by atoms with E-state index in [4.69, 9.17) is 22.1 Å². The maximum Gasteiger partial charge on any atom is 0.0674 e. The first-order chi connectivity index (χ1) is 8.61. The standard InChI is InChI=1S/C14H21ClN2O/c1-10-3-4-12(7-13(10)15)14(8-16)17-5-6-18-11(2)9-17/h3-4,7,11,14H,5-6,8-9,16H2,1-2H3. The minimum atomic E-state index is 0.231. The summed E-state index contributed by atoms with van der Waals surface area (Å²) < 4.78 is 5.57. The Kier molecular flexibility index (Phi) is 4.62. The number of hydrogen-bond acceptors (Lipinski definition) is 3. The van der Waals surface area contributed by atoms with Gasteiger partial charge in [-0.2, -0.15) is 0 Å². The van der Waals surface area contributed by atoms with Gasteiger partial charge in [-0.3, -0.25) is 4.90 Å². The van der Waals surface area contributed by atoms with Gasteiger partial charge in [0.25, 0.3) is 0 Å². The Morgan fingerprint density at radius 1 is 1.56 bits per heavy atom. The van der Waals surface area contributed by atoms with Crippen LogP contribution in [0.4, 0.5) is 0 Å². The molecule has 4 heteroatoms. The van der Waals surface area contributed by atoms with Crippen molar-refractivity contribution < 1.29 is 4.74 Å². The van der Waals surface area contributed by atoms with E-state index in [0.717, 1.165) is 30.3 Å². The highest BCUT2D eigenvalue weighted by Gasteiger charge is 2.24. The Morgan fingerprint density at radius 2 is 2.33 bits per heavy atom. The molecule has 1 aromatic rings. The topological polar surface area (TPSA) is 38.5 Å². The lowest BCUT2D eigenvalue weighted by atomic mass is 10.0. The molecule has 3 nitrogen and oxygen atoms in total. The van der Waals surface area contributed by atoms with E-state index in [2.05, 4.69) is 24.0 Å². The zero-order chi connectivity index (χ0) is 13.1. The molecule has 1 aliphatic heterocycles. The van der Waals surface area contributed by atoms with Crippen molar-refractivity contribution in [2.24, 2.45) is 5.73 Å². The fourth-order valence-corrected chi connectivity index (χ4v) is 2.63. The molecule has 2 N–H and O–H groups in total. The predicted molar refractivity (Wildman–Crippen MR) is 75.0 cm³/mol. The lowest BCUT2D eigenvalue weighted by Crippen LogP contribution is -2.45. The molecular weight excluding hydrogens is 248 g/mol. The van der Waals surface area contributed by atoms with Crippen molar-refractivity contribution in [1.82, 2.24) is 4.90 Å². The van der Waals surface area contributed by atoms with Crippen LogP contribution >= 0.6 is 11.6 Å². The zero-order valence-corrected chi connectivity index (χ0v) is 11.8. The summed E-state index contributed by atoms with van der Waals surface area (Å²) in [5, 5.41) is 0.812. The van der Waals surface area contributed by atoms with Crippen molar-refractivity contribution in [1.29, 1.82) is 0 Å². The van der Waals surface area contributed by atoms with Crippen molar-refractivity contribution in [3.05, 3.63) is 34.3 Å².